The van der Waals surface area contributed by atoms with Gasteiger partial charge in [-0.2, -0.15) is 0 Å². The Hall–Kier alpha value is -2.32. The third-order valence-electron chi connectivity index (χ3n) is 5.02. The largest absolute Gasteiger partial charge is 0.493 e. The number of hydrogen-bond acceptors (Lipinski definition) is 5. The van der Waals surface area contributed by atoms with Crippen molar-refractivity contribution in [3.63, 3.8) is 0 Å². The van der Waals surface area contributed by atoms with Gasteiger partial charge in [-0.25, -0.2) is 4.79 Å². The highest BCUT2D eigenvalue weighted by Gasteiger charge is 2.36. The Bertz CT molecular complexity index is 662. The quantitative estimate of drug-likeness (QED) is 0.342. The van der Waals surface area contributed by atoms with Crippen molar-refractivity contribution in [3.8, 4) is 5.75 Å². The lowest BCUT2D eigenvalue weighted by Crippen LogP contribution is -2.42. The monoisotopic (exact) mass is 408 g/mol. The third kappa shape index (κ3) is 7.91. The maximum Gasteiger partial charge on any atom is 0.404 e. The molecule has 29 heavy (non-hydrogen) atoms. The highest BCUT2D eigenvalue weighted by molar-refractivity contribution is 5.96. The summed E-state index contributed by atoms with van der Waals surface area (Å²) < 4.78 is 16.0. The number of carbonyl (C=O) groups is 2. The zero-order valence-electron chi connectivity index (χ0n) is 17.3. The Labute approximate surface area is 171 Å². The average molecular weight is 408 g/mol. The second-order valence-corrected chi connectivity index (χ2v) is 7.57. The van der Waals surface area contributed by atoms with E-state index in [4.69, 9.17) is 19.3 Å². The molecule has 0 bridgehead atoms. The summed E-state index contributed by atoms with van der Waals surface area (Å²) in [5, 5.41) is 14.6. The molecular weight excluding hydrogens is 376 g/mol. The van der Waals surface area contributed by atoms with Crippen molar-refractivity contribution >= 4 is 12.0 Å². The minimum Gasteiger partial charge on any atom is -0.493 e. The molecular formula is C21H32N2O6. The molecule has 0 aliphatic carbocycles. The number of epoxide rings is 1. The van der Waals surface area contributed by atoms with Crippen LogP contribution in [0, 0.1) is 11.8 Å². The van der Waals surface area contributed by atoms with Crippen LogP contribution in [-0.4, -0.2) is 62.7 Å². The van der Waals surface area contributed by atoms with Crippen LogP contribution in [0.2, 0.25) is 0 Å². The van der Waals surface area contributed by atoms with Gasteiger partial charge in [0.05, 0.1) is 24.8 Å². The van der Waals surface area contributed by atoms with Crippen LogP contribution in [0.1, 0.15) is 37.0 Å². The first-order chi connectivity index (χ1) is 13.9. The first kappa shape index (κ1) is 23.0. The van der Waals surface area contributed by atoms with Gasteiger partial charge >= 0.3 is 6.09 Å². The molecule has 8 nitrogen and oxygen atoms in total. The van der Waals surface area contributed by atoms with E-state index in [1.165, 1.54) is 0 Å². The first-order valence-electron chi connectivity index (χ1n) is 10.0. The van der Waals surface area contributed by atoms with Gasteiger partial charge in [-0.05, 0) is 30.4 Å². The summed E-state index contributed by atoms with van der Waals surface area (Å²) in [6.07, 6.45) is 0.202. The minimum absolute atomic E-state index is 0.0794. The van der Waals surface area contributed by atoms with Crippen LogP contribution in [-0.2, 0) is 9.47 Å². The number of ether oxygens (including phenoxy) is 3. The normalized spacial score (nSPS) is 17.4. The number of carboxylic acid groups (broad SMARTS) is 1. The zero-order valence-corrected chi connectivity index (χ0v) is 17.3. The molecule has 1 heterocycles. The molecule has 1 unspecified atom stereocenters. The van der Waals surface area contributed by atoms with E-state index in [0.29, 0.717) is 44.1 Å². The van der Waals surface area contributed by atoms with E-state index in [1.807, 2.05) is 6.07 Å². The average Bonchev–Trinajstić information content (AvgIpc) is 3.52. The van der Waals surface area contributed by atoms with Crippen LogP contribution in [0.3, 0.4) is 0 Å². The summed E-state index contributed by atoms with van der Waals surface area (Å²) in [7, 11) is 1.64. The van der Waals surface area contributed by atoms with Crippen molar-refractivity contribution in [1.29, 1.82) is 0 Å². The van der Waals surface area contributed by atoms with Gasteiger partial charge in [0.15, 0.2) is 0 Å². The molecule has 2 rings (SSSR count). The summed E-state index contributed by atoms with van der Waals surface area (Å²) in [6, 6.07) is 6.87. The van der Waals surface area contributed by atoms with Gasteiger partial charge in [-0.3, -0.25) is 4.79 Å². The van der Waals surface area contributed by atoms with Crippen molar-refractivity contribution in [1.82, 2.24) is 10.6 Å². The number of carbonyl (C=O) groups excluding carboxylic acids is 1. The van der Waals surface area contributed by atoms with Gasteiger partial charge in [0.1, 0.15) is 11.9 Å². The maximum atomic E-state index is 12.7. The van der Waals surface area contributed by atoms with Gasteiger partial charge in [0, 0.05) is 26.7 Å². The van der Waals surface area contributed by atoms with E-state index in [2.05, 4.69) is 24.5 Å². The topological polar surface area (TPSA) is 109 Å². The molecule has 1 aliphatic heterocycles. The molecule has 0 spiro atoms. The minimum atomic E-state index is -1.06. The first-order valence-corrected chi connectivity index (χ1v) is 10.0. The van der Waals surface area contributed by atoms with Crippen molar-refractivity contribution in [2.75, 3.05) is 33.5 Å². The Balaban J connectivity index is 1.93. The maximum absolute atomic E-state index is 12.7. The molecule has 0 saturated carbocycles. The number of nitrogens with one attached hydrogen (secondary N) is 2. The smallest absolute Gasteiger partial charge is 0.404 e. The zero-order chi connectivity index (χ0) is 21.2. The number of rotatable bonds is 13. The lowest BCUT2D eigenvalue weighted by Gasteiger charge is -2.26. The van der Waals surface area contributed by atoms with E-state index < -0.39 is 6.09 Å². The van der Waals surface area contributed by atoms with Gasteiger partial charge in [0.25, 0.3) is 5.91 Å². The fourth-order valence-corrected chi connectivity index (χ4v) is 3.15. The second-order valence-electron chi connectivity index (χ2n) is 7.57. The Kier molecular flexibility index (Phi) is 9.21. The van der Waals surface area contributed by atoms with Crippen molar-refractivity contribution in [2.45, 2.75) is 38.8 Å². The fraction of sp³-hybridized carbons (Fsp3) is 0.619. The predicted molar refractivity (Wildman–Crippen MR) is 108 cm³/mol. The molecule has 8 heteroatoms. The number of benzene rings is 1. The van der Waals surface area contributed by atoms with Crippen molar-refractivity contribution < 1.29 is 28.9 Å². The molecule has 1 aromatic rings. The lowest BCUT2D eigenvalue weighted by atomic mass is 9.88. The summed E-state index contributed by atoms with van der Waals surface area (Å²) in [4.78, 5) is 23.8. The van der Waals surface area contributed by atoms with Gasteiger partial charge < -0.3 is 30.0 Å². The third-order valence-corrected chi connectivity index (χ3v) is 5.02. The van der Waals surface area contributed by atoms with Crippen LogP contribution < -0.4 is 15.4 Å². The predicted octanol–water partition coefficient (Wildman–Crippen LogP) is 2.53. The van der Waals surface area contributed by atoms with Crippen LogP contribution in [0.25, 0.3) is 0 Å². The molecule has 3 N–H and O–H groups in total. The lowest BCUT2D eigenvalue weighted by molar-refractivity contribution is 0.0934. The van der Waals surface area contributed by atoms with Gasteiger partial charge in [-0.1, -0.05) is 26.0 Å². The molecule has 1 saturated heterocycles. The van der Waals surface area contributed by atoms with Crippen LogP contribution >= 0.6 is 0 Å². The Morgan fingerprint density at radius 2 is 2.00 bits per heavy atom. The summed E-state index contributed by atoms with van der Waals surface area (Å²) in [5.41, 5.74) is 0.484. The van der Waals surface area contributed by atoms with Crippen LogP contribution in [0.4, 0.5) is 4.79 Å². The molecule has 0 radical (unpaired) electrons. The van der Waals surface area contributed by atoms with E-state index in [-0.39, 0.29) is 29.9 Å². The van der Waals surface area contributed by atoms with Crippen molar-refractivity contribution in [3.05, 3.63) is 29.8 Å². The molecule has 2 amide bonds. The number of methoxy groups -OCH3 is 1. The van der Waals surface area contributed by atoms with E-state index in [9.17, 15) is 9.59 Å². The van der Waals surface area contributed by atoms with Crippen LogP contribution in [0.5, 0.6) is 5.75 Å². The molecule has 162 valence electrons. The molecule has 0 aromatic heterocycles. The highest BCUT2D eigenvalue weighted by atomic mass is 16.6. The van der Waals surface area contributed by atoms with E-state index in [1.54, 1.807) is 25.3 Å². The highest BCUT2D eigenvalue weighted by Crippen LogP contribution is 2.25. The summed E-state index contributed by atoms with van der Waals surface area (Å²) in [5.74, 6) is 0.713. The van der Waals surface area contributed by atoms with Crippen molar-refractivity contribution in [2.24, 2.45) is 11.8 Å². The van der Waals surface area contributed by atoms with Gasteiger partial charge in [-0.15, -0.1) is 0 Å². The second kappa shape index (κ2) is 11.6. The number of para-hydroxylation sites is 1. The molecule has 1 aliphatic rings. The Morgan fingerprint density at radius 3 is 2.62 bits per heavy atom. The van der Waals surface area contributed by atoms with E-state index >= 15 is 0 Å². The SMILES string of the molecule is COCCCOc1ccccc1C(=O)NC[C@@H](C[C@@H](NC(=O)O)C1CO1)C(C)C. The summed E-state index contributed by atoms with van der Waals surface area (Å²) >= 11 is 0. The Morgan fingerprint density at radius 1 is 1.28 bits per heavy atom. The molecule has 3 atom stereocenters. The number of amides is 2. The van der Waals surface area contributed by atoms with E-state index in [0.717, 1.165) is 6.42 Å². The number of hydrogen-bond donors (Lipinski definition) is 3. The van der Waals surface area contributed by atoms with Crippen LogP contribution in [0.15, 0.2) is 24.3 Å². The molecule has 1 aromatic carbocycles. The standard InChI is InChI=1S/C21H32N2O6/c1-14(2)15(11-17(19-13-29-19)23-21(25)26)12-22-20(24)16-7-4-5-8-18(16)28-10-6-9-27-3/h4-5,7-8,14-15,17,19,23H,6,9-13H2,1-3H3,(H,22,24)(H,25,26)/t15-,17-,19?/m1/s1. The molecule has 1 fully saturated rings. The fourth-order valence-electron chi connectivity index (χ4n) is 3.15. The summed E-state index contributed by atoms with van der Waals surface area (Å²) in [6.45, 7) is 6.21. The van der Waals surface area contributed by atoms with Gasteiger partial charge in [0.2, 0.25) is 0 Å².